The Labute approximate surface area is 204 Å². The van der Waals surface area contributed by atoms with E-state index in [2.05, 4.69) is 36.1 Å². The summed E-state index contributed by atoms with van der Waals surface area (Å²) in [5.74, 6) is 1.18. The highest BCUT2D eigenvalue weighted by molar-refractivity contribution is 8.93. The number of amides is 1. The van der Waals surface area contributed by atoms with Crippen LogP contribution in [0.15, 0.2) is 30.6 Å². The Morgan fingerprint density at radius 2 is 1.88 bits per heavy atom. The second-order valence-corrected chi connectivity index (χ2v) is 8.77. The van der Waals surface area contributed by atoms with Crippen LogP contribution in [-0.2, 0) is 0 Å². The summed E-state index contributed by atoms with van der Waals surface area (Å²) in [5.41, 5.74) is 2.61. The first kappa shape index (κ1) is 23.4. The van der Waals surface area contributed by atoms with Crippen molar-refractivity contribution in [1.82, 2.24) is 29.7 Å². The Balaban J connectivity index is 0.00000259. The van der Waals surface area contributed by atoms with Gasteiger partial charge >= 0.3 is 0 Å². The number of halogens is 1. The van der Waals surface area contributed by atoms with Crippen LogP contribution in [0.3, 0.4) is 0 Å². The zero-order valence-electron chi connectivity index (χ0n) is 19.1. The molecule has 0 unspecified atom stereocenters. The van der Waals surface area contributed by atoms with Crippen LogP contribution in [0.25, 0.3) is 11.0 Å². The highest BCUT2D eigenvalue weighted by Crippen LogP contribution is 2.35. The fourth-order valence-electron chi connectivity index (χ4n) is 4.68. The zero-order valence-corrected chi connectivity index (χ0v) is 20.8. The van der Waals surface area contributed by atoms with Gasteiger partial charge in [-0.1, -0.05) is 12.8 Å². The molecular weight excluding hydrogens is 484 g/mol. The molecule has 9 nitrogen and oxygen atoms in total. The van der Waals surface area contributed by atoms with Gasteiger partial charge in [-0.2, -0.15) is 4.98 Å². The van der Waals surface area contributed by atoms with E-state index in [-0.39, 0.29) is 22.9 Å². The van der Waals surface area contributed by atoms with Gasteiger partial charge in [0.2, 0.25) is 5.95 Å². The summed E-state index contributed by atoms with van der Waals surface area (Å²) >= 11 is 0. The first-order valence-corrected chi connectivity index (χ1v) is 11.4. The minimum atomic E-state index is -0.00502. The summed E-state index contributed by atoms with van der Waals surface area (Å²) in [6, 6.07) is 6.25. The fourth-order valence-corrected chi connectivity index (χ4v) is 4.68. The predicted molar refractivity (Wildman–Crippen MR) is 136 cm³/mol. The van der Waals surface area contributed by atoms with E-state index in [1.165, 1.54) is 12.8 Å². The standard InChI is InChI=1S/C23H30N8O.BrH/c1-29(2)22(32)19-13-16-14-26-23(28-21(16)31(19)17-5-3-4-6-17)27-20-8-7-18(15-25-20)30-11-9-24-10-12-30;/h7-8,13-15,17,24H,3-6,9-12H2,1-2H3,(H,25,26,27,28);1H. The van der Waals surface area contributed by atoms with Crippen LogP contribution in [0.1, 0.15) is 42.2 Å². The molecule has 5 rings (SSSR count). The van der Waals surface area contributed by atoms with E-state index in [1.54, 1.807) is 25.2 Å². The zero-order chi connectivity index (χ0) is 22.1. The van der Waals surface area contributed by atoms with Gasteiger partial charge in [-0.3, -0.25) is 4.79 Å². The maximum absolute atomic E-state index is 12.9. The maximum atomic E-state index is 12.9. The first-order chi connectivity index (χ1) is 15.6. The molecule has 1 saturated carbocycles. The van der Waals surface area contributed by atoms with E-state index in [9.17, 15) is 4.79 Å². The lowest BCUT2D eigenvalue weighted by atomic mass is 10.2. The molecule has 33 heavy (non-hydrogen) atoms. The van der Waals surface area contributed by atoms with Gasteiger partial charge in [0, 0.05) is 57.9 Å². The van der Waals surface area contributed by atoms with Crippen LogP contribution in [0.4, 0.5) is 17.5 Å². The summed E-state index contributed by atoms with van der Waals surface area (Å²) < 4.78 is 2.12. The number of anilines is 3. The Kier molecular flexibility index (Phi) is 7.14. The second-order valence-electron chi connectivity index (χ2n) is 8.77. The number of rotatable bonds is 5. The van der Waals surface area contributed by atoms with Gasteiger partial charge in [0.05, 0.1) is 11.9 Å². The minimum Gasteiger partial charge on any atom is -0.368 e. The third-order valence-electron chi connectivity index (χ3n) is 6.36. The number of hydrogen-bond acceptors (Lipinski definition) is 7. The molecule has 2 N–H and O–H groups in total. The molecule has 10 heteroatoms. The second kappa shape index (κ2) is 10.0. The van der Waals surface area contributed by atoms with Gasteiger partial charge in [-0.25, -0.2) is 9.97 Å². The molecule has 0 bridgehead atoms. The maximum Gasteiger partial charge on any atom is 0.270 e. The third-order valence-corrected chi connectivity index (χ3v) is 6.36. The number of carbonyl (C=O) groups excluding carboxylic acids is 1. The van der Waals surface area contributed by atoms with Crippen LogP contribution in [0.5, 0.6) is 0 Å². The van der Waals surface area contributed by atoms with E-state index < -0.39 is 0 Å². The molecule has 3 aromatic heterocycles. The fraction of sp³-hybridized carbons (Fsp3) is 0.478. The summed E-state index contributed by atoms with van der Waals surface area (Å²) in [7, 11) is 3.57. The molecule has 1 amide bonds. The van der Waals surface area contributed by atoms with Crippen LogP contribution < -0.4 is 15.5 Å². The van der Waals surface area contributed by atoms with Crippen molar-refractivity contribution in [2.24, 2.45) is 0 Å². The van der Waals surface area contributed by atoms with Gasteiger partial charge in [0.25, 0.3) is 5.91 Å². The molecule has 1 aliphatic heterocycles. The quantitative estimate of drug-likeness (QED) is 0.539. The molecule has 0 radical (unpaired) electrons. The average molecular weight is 515 g/mol. The number of hydrogen-bond donors (Lipinski definition) is 2. The summed E-state index contributed by atoms with van der Waals surface area (Å²) in [4.78, 5) is 30.6. The molecule has 0 aromatic carbocycles. The van der Waals surface area contributed by atoms with E-state index in [0.717, 1.165) is 55.7 Å². The third kappa shape index (κ3) is 4.81. The van der Waals surface area contributed by atoms with Crippen molar-refractivity contribution in [2.75, 3.05) is 50.5 Å². The summed E-state index contributed by atoms with van der Waals surface area (Å²) in [6.07, 6.45) is 8.18. The van der Waals surface area contributed by atoms with Crippen LogP contribution in [0, 0.1) is 0 Å². The number of nitrogens with zero attached hydrogens (tertiary/aromatic N) is 6. The number of pyridine rings is 1. The van der Waals surface area contributed by atoms with Crippen molar-refractivity contribution in [2.45, 2.75) is 31.7 Å². The lowest BCUT2D eigenvalue weighted by molar-refractivity contribution is 0.0815. The normalized spacial score (nSPS) is 16.6. The van der Waals surface area contributed by atoms with E-state index in [4.69, 9.17) is 4.98 Å². The topological polar surface area (TPSA) is 91.2 Å². The van der Waals surface area contributed by atoms with Crippen molar-refractivity contribution in [1.29, 1.82) is 0 Å². The molecule has 1 aliphatic carbocycles. The molecule has 0 atom stereocenters. The van der Waals surface area contributed by atoms with Crippen molar-refractivity contribution >= 4 is 51.4 Å². The molecule has 3 aromatic rings. The highest BCUT2D eigenvalue weighted by atomic mass is 79.9. The average Bonchev–Trinajstić information content (AvgIpc) is 3.47. The lowest BCUT2D eigenvalue weighted by Gasteiger charge is -2.29. The van der Waals surface area contributed by atoms with Crippen molar-refractivity contribution < 1.29 is 4.79 Å². The van der Waals surface area contributed by atoms with Gasteiger partial charge in [-0.05, 0) is 31.0 Å². The lowest BCUT2D eigenvalue weighted by Crippen LogP contribution is -2.43. The molecule has 1 saturated heterocycles. The highest BCUT2D eigenvalue weighted by Gasteiger charge is 2.26. The van der Waals surface area contributed by atoms with E-state index >= 15 is 0 Å². The Hall–Kier alpha value is -2.72. The number of piperazine rings is 1. The molecule has 0 spiro atoms. The Morgan fingerprint density at radius 3 is 2.55 bits per heavy atom. The minimum absolute atomic E-state index is 0. The molecule has 4 heterocycles. The van der Waals surface area contributed by atoms with Gasteiger partial charge < -0.3 is 25.0 Å². The molecule has 176 valence electrons. The monoisotopic (exact) mass is 514 g/mol. The van der Waals surface area contributed by atoms with Crippen LogP contribution in [0.2, 0.25) is 0 Å². The Morgan fingerprint density at radius 1 is 1.12 bits per heavy atom. The van der Waals surface area contributed by atoms with Gasteiger partial charge in [0.15, 0.2) is 0 Å². The van der Waals surface area contributed by atoms with Gasteiger partial charge in [-0.15, -0.1) is 17.0 Å². The number of carbonyl (C=O) groups is 1. The molecular formula is C23H31BrN8O. The predicted octanol–water partition coefficient (Wildman–Crippen LogP) is 3.37. The summed E-state index contributed by atoms with van der Waals surface area (Å²) in [6.45, 7) is 3.96. The van der Waals surface area contributed by atoms with Crippen molar-refractivity contribution in [3.05, 3.63) is 36.3 Å². The van der Waals surface area contributed by atoms with E-state index in [0.29, 0.717) is 23.5 Å². The smallest absolute Gasteiger partial charge is 0.270 e. The largest absolute Gasteiger partial charge is 0.368 e. The number of aromatic nitrogens is 4. The van der Waals surface area contributed by atoms with Crippen LogP contribution >= 0.6 is 17.0 Å². The van der Waals surface area contributed by atoms with Crippen molar-refractivity contribution in [3.63, 3.8) is 0 Å². The first-order valence-electron chi connectivity index (χ1n) is 11.4. The number of nitrogens with one attached hydrogen (secondary N) is 2. The van der Waals surface area contributed by atoms with E-state index in [1.807, 2.05) is 18.3 Å². The van der Waals surface area contributed by atoms with Crippen molar-refractivity contribution in [3.8, 4) is 0 Å². The SMILES string of the molecule is Br.CN(C)C(=O)c1cc2cnc(Nc3ccc(N4CCNCC4)cn3)nc2n1C1CCCC1. The molecule has 2 aliphatic rings. The number of fused-ring (bicyclic) bond motifs is 1. The molecule has 2 fully saturated rings. The summed E-state index contributed by atoms with van der Waals surface area (Å²) in [5, 5.41) is 7.48. The Bertz CT molecular complexity index is 1100. The van der Waals surface area contributed by atoms with Crippen LogP contribution in [-0.4, -0.2) is 70.6 Å². The van der Waals surface area contributed by atoms with Gasteiger partial charge in [0.1, 0.15) is 17.2 Å².